The van der Waals surface area contributed by atoms with Gasteiger partial charge in [-0.3, -0.25) is 4.68 Å². The fourth-order valence-electron chi connectivity index (χ4n) is 5.27. The Morgan fingerprint density at radius 2 is 1.68 bits per heavy atom. The summed E-state index contributed by atoms with van der Waals surface area (Å²) < 4.78 is 71.9. The Hall–Kier alpha value is -3.63. The van der Waals surface area contributed by atoms with Gasteiger partial charge in [-0.1, -0.05) is 30.3 Å². The quantitative estimate of drug-likeness (QED) is 0.287. The van der Waals surface area contributed by atoms with Gasteiger partial charge in [0.05, 0.1) is 27.5 Å². The van der Waals surface area contributed by atoms with E-state index in [9.17, 15) is 21.6 Å². The molecule has 3 heterocycles. The van der Waals surface area contributed by atoms with E-state index in [0.717, 1.165) is 30.5 Å². The van der Waals surface area contributed by atoms with Crippen LogP contribution < -0.4 is 0 Å². The number of sulfonamides is 1. The summed E-state index contributed by atoms with van der Waals surface area (Å²) in [5.74, 6) is 0. The SMILES string of the molecule is Cn1cc2c(n1)c1cc(S(=O)(=O)N3CCC[C@H]3c3ccccc3)ccc1n2-c1ccc(C(F)(F)F)cc1. The number of benzene rings is 3. The van der Waals surface area contributed by atoms with Gasteiger partial charge in [0.2, 0.25) is 10.0 Å². The fourth-order valence-corrected chi connectivity index (χ4v) is 6.98. The van der Waals surface area contributed by atoms with Crippen LogP contribution in [0.5, 0.6) is 0 Å². The molecule has 10 heteroatoms. The molecule has 3 aromatic carbocycles. The summed E-state index contributed by atoms with van der Waals surface area (Å²) in [4.78, 5) is 0.167. The Labute approximate surface area is 211 Å². The van der Waals surface area contributed by atoms with Crippen LogP contribution in [0.25, 0.3) is 27.6 Å². The minimum Gasteiger partial charge on any atom is -0.306 e. The average Bonchev–Trinajstić information content (AvgIpc) is 3.58. The Morgan fingerprint density at radius 3 is 2.38 bits per heavy atom. The minimum atomic E-state index is -4.43. The van der Waals surface area contributed by atoms with Gasteiger partial charge in [-0.2, -0.15) is 22.6 Å². The van der Waals surface area contributed by atoms with Gasteiger partial charge < -0.3 is 4.57 Å². The Morgan fingerprint density at radius 1 is 0.946 bits per heavy atom. The van der Waals surface area contributed by atoms with Crippen molar-refractivity contribution in [3.63, 3.8) is 0 Å². The third-order valence-corrected chi connectivity index (χ3v) is 8.87. The lowest BCUT2D eigenvalue weighted by Crippen LogP contribution is -2.30. The topological polar surface area (TPSA) is 60.1 Å². The number of halogens is 3. The molecule has 0 saturated carbocycles. The van der Waals surface area contributed by atoms with Crippen LogP contribution >= 0.6 is 0 Å². The van der Waals surface area contributed by atoms with Crippen molar-refractivity contribution in [2.24, 2.45) is 7.05 Å². The van der Waals surface area contributed by atoms with Crippen LogP contribution in [0.4, 0.5) is 13.2 Å². The van der Waals surface area contributed by atoms with Gasteiger partial charge in [0, 0.05) is 30.9 Å². The standard InChI is InChI=1S/C27H23F3N4O2S/c1-32-17-25-26(31-32)22-16-21(37(35,36)33-15-5-8-23(33)18-6-3-2-4-7-18)13-14-24(22)34(25)20-11-9-19(10-12-20)27(28,29)30/h2-4,6-7,9-14,16-17,23H,5,8,15H2,1H3/t23-/m0/s1. The Bertz CT molecular complexity index is 1720. The van der Waals surface area contributed by atoms with Crippen LogP contribution in [0.15, 0.2) is 83.9 Å². The van der Waals surface area contributed by atoms with Gasteiger partial charge in [-0.05, 0) is 60.9 Å². The predicted molar refractivity (Wildman–Crippen MR) is 135 cm³/mol. The highest BCUT2D eigenvalue weighted by atomic mass is 32.2. The van der Waals surface area contributed by atoms with Crippen molar-refractivity contribution in [2.45, 2.75) is 30.0 Å². The summed E-state index contributed by atoms with van der Waals surface area (Å²) in [6, 6.07) is 19.2. The van der Waals surface area contributed by atoms with Gasteiger partial charge >= 0.3 is 6.18 Å². The molecule has 6 nitrogen and oxygen atoms in total. The number of aryl methyl sites for hydroxylation is 1. The molecule has 1 aliphatic heterocycles. The average molecular weight is 525 g/mol. The maximum atomic E-state index is 13.8. The van der Waals surface area contributed by atoms with Crippen molar-refractivity contribution < 1.29 is 21.6 Å². The molecule has 1 fully saturated rings. The third kappa shape index (κ3) is 3.91. The molecule has 5 aromatic rings. The molecule has 1 aliphatic rings. The number of nitrogens with zero attached hydrogens (tertiary/aromatic N) is 4. The highest BCUT2D eigenvalue weighted by molar-refractivity contribution is 7.89. The Kier molecular flexibility index (Phi) is 5.43. The maximum Gasteiger partial charge on any atom is 0.416 e. The largest absolute Gasteiger partial charge is 0.416 e. The van der Waals surface area contributed by atoms with E-state index in [4.69, 9.17) is 0 Å². The normalized spacial score (nSPS) is 17.2. The van der Waals surface area contributed by atoms with Gasteiger partial charge in [0.1, 0.15) is 5.52 Å². The van der Waals surface area contributed by atoms with Crippen molar-refractivity contribution in [1.29, 1.82) is 0 Å². The summed E-state index contributed by atoms with van der Waals surface area (Å²) in [6.45, 7) is 0.436. The molecule has 37 heavy (non-hydrogen) atoms. The van der Waals surface area contributed by atoms with Crippen LogP contribution in [0.2, 0.25) is 0 Å². The summed E-state index contributed by atoms with van der Waals surface area (Å²) in [5.41, 5.74) is 2.68. The van der Waals surface area contributed by atoms with E-state index in [1.54, 1.807) is 45.0 Å². The maximum absolute atomic E-state index is 13.8. The van der Waals surface area contributed by atoms with Crippen molar-refractivity contribution in [3.05, 3.63) is 90.1 Å². The van der Waals surface area contributed by atoms with E-state index in [2.05, 4.69) is 5.10 Å². The first-order chi connectivity index (χ1) is 17.6. The van der Waals surface area contributed by atoms with Crippen LogP contribution in [0, 0.1) is 0 Å². The van der Waals surface area contributed by atoms with E-state index < -0.39 is 21.8 Å². The van der Waals surface area contributed by atoms with Gasteiger partial charge in [-0.25, -0.2) is 8.42 Å². The summed E-state index contributed by atoms with van der Waals surface area (Å²) >= 11 is 0. The molecule has 1 saturated heterocycles. The number of fused-ring (bicyclic) bond motifs is 3. The molecule has 0 spiro atoms. The molecule has 2 aromatic heterocycles. The van der Waals surface area contributed by atoms with E-state index in [0.29, 0.717) is 34.2 Å². The van der Waals surface area contributed by atoms with Gasteiger partial charge in [0.25, 0.3) is 0 Å². The van der Waals surface area contributed by atoms with E-state index in [-0.39, 0.29) is 10.9 Å². The molecule has 1 atom stereocenters. The van der Waals surface area contributed by atoms with Crippen LogP contribution in [0.1, 0.15) is 30.0 Å². The lowest BCUT2D eigenvalue weighted by molar-refractivity contribution is -0.137. The zero-order valence-electron chi connectivity index (χ0n) is 19.9. The molecule has 6 rings (SSSR count). The van der Waals surface area contributed by atoms with Crippen LogP contribution in [-0.2, 0) is 23.2 Å². The van der Waals surface area contributed by atoms with Crippen LogP contribution in [0.3, 0.4) is 0 Å². The highest BCUT2D eigenvalue weighted by Gasteiger charge is 2.36. The molecule has 0 N–H and O–H groups in total. The van der Waals surface area contributed by atoms with Gasteiger partial charge in [-0.15, -0.1) is 0 Å². The molecule has 0 aliphatic carbocycles. The van der Waals surface area contributed by atoms with Crippen molar-refractivity contribution >= 4 is 32.0 Å². The van der Waals surface area contributed by atoms with Crippen molar-refractivity contribution in [1.82, 2.24) is 18.7 Å². The highest BCUT2D eigenvalue weighted by Crippen LogP contribution is 2.39. The van der Waals surface area contributed by atoms with E-state index in [1.807, 2.05) is 30.3 Å². The second-order valence-corrected chi connectivity index (χ2v) is 11.2. The lowest BCUT2D eigenvalue weighted by atomic mass is 10.1. The number of aromatic nitrogens is 3. The van der Waals surface area contributed by atoms with Crippen molar-refractivity contribution in [2.75, 3.05) is 6.54 Å². The number of hydrogen-bond donors (Lipinski definition) is 0. The monoisotopic (exact) mass is 524 g/mol. The molecular formula is C27H23F3N4O2S. The zero-order chi connectivity index (χ0) is 25.9. The molecule has 190 valence electrons. The van der Waals surface area contributed by atoms with E-state index in [1.165, 1.54) is 12.1 Å². The lowest BCUT2D eigenvalue weighted by Gasteiger charge is -2.24. The van der Waals surface area contributed by atoms with Crippen molar-refractivity contribution in [3.8, 4) is 5.69 Å². The Balaban J connectivity index is 1.47. The second-order valence-electron chi connectivity index (χ2n) is 9.28. The molecular weight excluding hydrogens is 501 g/mol. The number of alkyl halides is 3. The zero-order valence-corrected chi connectivity index (χ0v) is 20.7. The predicted octanol–water partition coefficient (Wildman–Crippen LogP) is 6.06. The first kappa shape index (κ1) is 23.7. The molecule has 0 unspecified atom stereocenters. The first-order valence-electron chi connectivity index (χ1n) is 11.9. The molecule has 0 amide bonds. The number of hydrogen-bond acceptors (Lipinski definition) is 3. The second kappa shape index (κ2) is 8.46. The van der Waals surface area contributed by atoms with E-state index >= 15 is 0 Å². The summed E-state index contributed by atoms with van der Waals surface area (Å²) in [6.07, 6.45) is -1.14. The first-order valence-corrected chi connectivity index (χ1v) is 13.3. The smallest absolute Gasteiger partial charge is 0.306 e. The molecule has 0 radical (unpaired) electrons. The summed E-state index contributed by atoms with van der Waals surface area (Å²) in [5, 5.41) is 5.15. The van der Waals surface area contributed by atoms with Gasteiger partial charge in [0.15, 0.2) is 0 Å². The summed E-state index contributed by atoms with van der Waals surface area (Å²) in [7, 11) is -2.05. The fraction of sp³-hybridized carbons (Fsp3) is 0.222. The molecule has 0 bridgehead atoms. The third-order valence-electron chi connectivity index (χ3n) is 6.96. The minimum absolute atomic E-state index is 0.167. The number of rotatable bonds is 4. The van der Waals surface area contributed by atoms with Crippen LogP contribution in [-0.4, -0.2) is 33.6 Å².